The van der Waals surface area contributed by atoms with Crippen molar-refractivity contribution in [1.29, 1.82) is 0 Å². The van der Waals surface area contributed by atoms with Crippen molar-refractivity contribution in [3.05, 3.63) is 76.0 Å². The van der Waals surface area contributed by atoms with E-state index in [-0.39, 0.29) is 57.7 Å². The lowest BCUT2D eigenvalue weighted by molar-refractivity contribution is -0.123. The average molecular weight is 501 g/mol. The molecule has 1 aromatic heterocycles. The number of hydrogen-bond donors (Lipinski definition) is 3. The van der Waals surface area contributed by atoms with Crippen LogP contribution >= 0.6 is 0 Å². The lowest BCUT2D eigenvalue weighted by atomic mass is 9.70. The molecule has 0 unspecified atom stereocenters. The van der Waals surface area contributed by atoms with Crippen molar-refractivity contribution in [2.75, 3.05) is 0 Å². The Kier molecular flexibility index (Phi) is 5.47. The molecule has 10 heteroatoms. The molecule has 5 rings (SSSR count). The van der Waals surface area contributed by atoms with Crippen LogP contribution in [0.15, 0.2) is 58.0 Å². The Morgan fingerprint density at radius 1 is 1.11 bits per heavy atom. The second-order valence-electron chi connectivity index (χ2n) is 9.12. The number of carbonyl (C=O) groups is 3. The molecule has 188 valence electrons. The van der Waals surface area contributed by atoms with Gasteiger partial charge in [0.1, 0.15) is 34.0 Å². The molecule has 2 aliphatic rings. The van der Waals surface area contributed by atoms with Gasteiger partial charge in [-0.05, 0) is 27.7 Å². The number of aromatic hydroxyl groups is 2. The van der Waals surface area contributed by atoms with Crippen LogP contribution in [-0.2, 0) is 21.5 Å². The van der Waals surface area contributed by atoms with Crippen LogP contribution in [-0.4, -0.2) is 37.7 Å². The molecule has 37 heavy (non-hydrogen) atoms. The molecule has 0 amide bonds. The summed E-state index contributed by atoms with van der Waals surface area (Å²) in [4.78, 5) is 43.5. The Bertz CT molecular complexity index is 1570. The summed E-state index contributed by atoms with van der Waals surface area (Å²) in [6.07, 6.45) is 1.16. The van der Waals surface area contributed by atoms with Crippen LogP contribution < -0.4 is 10.1 Å². The summed E-state index contributed by atoms with van der Waals surface area (Å²) in [6, 6.07) is 9.26. The zero-order valence-corrected chi connectivity index (χ0v) is 20.5. The molecule has 0 bridgehead atoms. The standard InChI is InChI=1S/C27H23N3O7/c1-12-22(33)20(14(3)31)24-21(23(12)34)27(4)17(36-24)10-16(32)19(25(27)35)13(2)28-11-18-29-26(30-37-18)15-8-6-5-7-9-15/h5-10,28,33-34H,11H2,1-4H3/b19-13+/t27-/m0/s1. The molecule has 2 aromatic carbocycles. The summed E-state index contributed by atoms with van der Waals surface area (Å²) in [7, 11) is 0. The Balaban J connectivity index is 1.51. The maximum atomic E-state index is 13.8. The van der Waals surface area contributed by atoms with Crippen molar-refractivity contribution >= 4 is 17.3 Å². The fraction of sp³-hybridized carbons (Fsp3) is 0.222. The minimum atomic E-state index is -1.58. The van der Waals surface area contributed by atoms with Crippen LogP contribution in [0.2, 0.25) is 0 Å². The number of nitrogens with zero attached hydrogens (tertiary/aromatic N) is 2. The van der Waals surface area contributed by atoms with E-state index >= 15 is 0 Å². The number of phenolic OH excluding ortho intramolecular Hbond substituents is 2. The maximum absolute atomic E-state index is 13.8. The fourth-order valence-corrected chi connectivity index (χ4v) is 4.69. The normalized spacial score (nSPS) is 19.6. The second kappa shape index (κ2) is 8.44. The SMILES string of the molecule is CC(=O)c1c(O)c(C)c(O)c2c1OC1=CC(=O)/C(=C(/C)NCc3nc(-c4ccccc4)no3)C(=O)[C@@]12C. The van der Waals surface area contributed by atoms with Gasteiger partial charge in [-0.1, -0.05) is 35.5 Å². The number of allylic oxidation sites excluding steroid dienone is 4. The number of Topliss-reactive ketones (excluding diaryl/α,β-unsaturated/α-hetero) is 2. The highest BCUT2D eigenvalue weighted by Crippen LogP contribution is 2.57. The predicted molar refractivity (Wildman–Crippen MR) is 130 cm³/mol. The van der Waals surface area contributed by atoms with Crippen LogP contribution in [0.1, 0.15) is 48.1 Å². The molecule has 1 aliphatic heterocycles. The van der Waals surface area contributed by atoms with E-state index in [1.807, 2.05) is 30.3 Å². The number of carbonyl (C=O) groups excluding carboxylic acids is 3. The molecule has 3 aromatic rings. The molecular weight excluding hydrogens is 478 g/mol. The van der Waals surface area contributed by atoms with E-state index in [1.54, 1.807) is 6.92 Å². The Morgan fingerprint density at radius 2 is 1.81 bits per heavy atom. The fourth-order valence-electron chi connectivity index (χ4n) is 4.69. The summed E-state index contributed by atoms with van der Waals surface area (Å²) < 4.78 is 11.1. The van der Waals surface area contributed by atoms with Crippen LogP contribution in [0.3, 0.4) is 0 Å². The van der Waals surface area contributed by atoms with Gasteiger partial charge in [-0.25, -0.2) is 0 Å². The number of hydrogen-bond acceptors (Lipinski definition) is 10. The number of phenols is 2. The number of ketones is 3. The maximum Gasteiger partial charge on any atom is 0.246 e. The molecule has 1 aliphatic carbocycles. The van der Waals surface area contributed by atoms with Gasteiger partial charge in [-0.3, -0.25) is 14.4 Å². The van der Waals surface area contributed by atoms with Crippen molar-refractivity contribution < 1.29 is 33.9 Å². The van der Waals surface area contributed by atoms with Gasteiger partial charge in [0.2, 0.25) is 11.7 Å². The molecule has 10 nitrogen and oxygen atoms in total. The Labute approximate surface area is 211 Å². The lowest BCUT2D eigenvalue weighted by Crippen LogP contribution is -2.41. The van der Waals surface area contributed by atoms with Crippen molar-refractivity contribution in [2.45, 2.75) is 39.7 Å². The van der Waals surface area contributed by atoms with Crippen LogP contribution in [0.4, 0.5) is 0 Å². The quantitative estimate of drug-likeness (QED) is 0.269. The summed E-state index contributed by atoms with van der Waals surface area (Å²) in [6.45, 7) is 5.81. The minimum Gasteiger partial charge on any atom is -0.507 e. The van der Waals surface area contributed by atoms with Gasteiger partial charge < -0.3 is 24.8 Å². The topological polar surface area (TPSA) is 152 Å². The second-order valence-corrected chi connectivity index (χ2v) is 9.12. The molecular formula is C27H23N3O7. The predicted octanol–water partition coefficient (Wildman–Crippen LogP) is 3.41. The van der Waals surface area contributed by atoms with E-state index in [4.69, 9.17) is 9.26 Å². The van der Waals surface area contributed by atoms with E-state index in [2.05, 4.69) is 15.5 Å². The van der Waals surface area contributed by atoms with Gasteiger partial charge in [-0.15, -0.1) is 0 Å². The van der Waals surface area contributed by atoms with Crippen LogP contribution in [0, 0.1) is 6.92 Å². The third kappa shape index (κ3) is 3.52. The van der Waals surface area contributed by atoms with E-state index in [9.17, 15) is 24.6 Å². The summed E-state index contributed by atoms with van der Waals surface area (Å²) in [5, 5.41) is 28.3. The van der Waals surface area contributed by atoms with Crippen LogP contribution in [0.25, 0.3) is 11.4 Å². The van der Waals surface area contributed by atoms with Gasteiger partial charge in [0, 0.05) is 22.9 Å². The highest BCUT2D eigenvalue weighted by Gasteiger charge is 2.56. The Hall–Kier alpha value is -4.73. The van der Waals surface area contributed by atoms with Gasteiger partial charge in [-0.2, -0.15) is 4.98 Å². The highest BCUT2D eigenvalue weighted by atomic mass is 16.5. The van der Waals surface area contributed by atoms with Crippen molar-refractivity contribution in [3.8, 4) is 28.6 Å². The first-order chi connectivity index (χ1) is 17.6. The first-order valence-electron chi connectivity index (χ1n) is 11.5. The minimum absolute atomic E-state index is 0.0266. The molecule has 0 saturated heterocycles. The third-order valence-electron chi connectivity index (χ3n) is 6.76. The molecule has 1 atom stereocenters. The van der Waals surface area contributed by atoms with E-state index in [0.717, 1.165) is 11.6 Å². The molecule has 0 radical (unpaired) electrons. The van der Waals surface area contributed by atoms with E-state index < -0.39 is 28.5 Å². The average Bonchev–Trinajstić information content (AvgIpc) is 3.45. The largest absolute Gasteiger partial charge is 0.507 e. The smallest absolute Gasteiger partial charge is 0.246 e. The monoisotopic (exact) mass is 501 g/mol. The summed E-state index contributed by atoms with van der Waals surface area (Å²) >= 11 is 0. The molecule has 2 heterocycles. The number of ether oxygens (including phenoxy) is 1. The zero-order valence-electron chi connectivity index (χ0n) is 20.5. The first kappa shape index (κ1) is 24.0. The van der Waals surface area contributed by atoms with Crippen molar-refractivity contribution in [3.63, 3.8) is 0 Å². The summed E-state index contributed by atoms with van der Waals surface area (Å²) in [5.74, 6) is -2.05. The van der Waals surface area contributed by atoms with E-state index in [0.29, 0.717) is 5.82 Å². The molecule has 0 spiro atoms. The van der Waals surface area contributed by atoms with E-state index in [1.165, 1.54) is 20.8 Å². The van der Waals surface area contributed by atoms with Crippen LogP contribution in [0.5, 0.6) is 17.2 Å². The van der Waals surface area contributed by atoms with Gasteiger partial charge >= 0.3 is 0 Å². The number of rotatable bonds is 5. The lowest BCUT2D eigenvalue weighted by Gasteiger charge is -2.29. The Morgan fingerprint density at radius 3 is 2.49 bits per heavy atom. The molecule has 3 N–H and O–H groups in total. The van der Waals surface area contributed by atoms with Crippen molar-refractivity contribution in [2.24, 2.45) is 0 Å². The van der Waals surface area contributed by atoms with Gasteiger partial charge in [0.05, 0.1) is 17.7 Å². The molecule has 0 fully saturated rings. The van der Waals surface area contributed by atoms with Crippen molar-refractivity contribution in [1.82, 2.24) is 15.5 Å². The first-order valence-corrected chi connectivity index (χ1v) is 11.5. The zero-order chi connectivity index (χ0) is 26.6. The number of aromatic nitrogens is 2. The molecule has 0 saturated carbocycles. The van der Waals surface area contributed by atoms with Gasteiger partial charge in [0.15, 0.2) is 17.3 Å². The number of nitrogens with one attached hydrogen (secondary N) is 1. The highest BCUT2D eigenvalue weighted by molar-refractivity contribution is 6.31. The third-order valence-corrected chi connectivity index (χ3v) is 6.76. The summed E-state index contributed by atoms with van der Waals surface area (Å²) in [5.41, 5.74) is -0.771. The number of fused-ring (bicyclic) bond motifs is 3. The van der Waals surface area contributed by atoms with Gasteiger partial charge in [0.25, 0.3) is 0 Å². The number of benzene rings is 2.